The molecule has 146 valence electrons. The third-order valence-corrected chi connectivity index (χ3v) is 6.56. The van der Waals surface area contributed by atoms with E-state index in [4.69, 9.17) is 0 Å². The molecule has 2 heteroatoms. The summed E-state index contributed by atoms with van der Waals surface area (Å²) >= 11 is 0. The van der Waals surface area contributed by atoms with Gasteiger partial charge in [0.05, 0.1) is 0 Å². The highest BCUT2D eigenvalue weighted by Crippen LogP contribution is 2.33. The first-order chi connectivity index (χ1) is 14.7. The van der Waals surface area contributed by atoms with Crippen LogP contribution in [0.5, 0.6) is 0 Å². The van der Waals surface area contributed by atoms with E-state index in [0.29, 0.717) is 24.7 Å². The molecule has 1 aliphatic carbocycles. The van der Waals surface area contributed by atoms with Crippen LogP contribution in [0.1, 0.15) is 25.7 Å². The molecule has 30 heavy (non-hydrogen) atoms. The van der Waals surface area contributed by atoms with Crippen molar-refractivity contribution in [2.24, 2.45) is 0 Å². The number of benzene rings is 5. The zero-order valence-electron chi connectivity index (χ0n) is 16.8. The molecule has 0 amide bonds. The third-order valence-electron chi connectivity index (χ3n) is 6.56. The molecule has 0 saturated heterocycles. The molecule has 0 heterocycles. The lowest BCUT2D eigenvalue weighted by Gasteiger charge is -2.24. The molecule has 6 rings (SSSR count). The van der Waals surface area contributed by atoms with Crippen LogP contribution in [0.4, 0.5) is 5.69 Å². The lowest BCUT2D eigenvalue weighted by Crippen LogP contribution is -2.26. The second kappa shape index (κ2) is 6.84. The molecule has 0 aromatic heterocycles. The highest BCUT2D eigenvalue weighted by atomic mass is 16.1. The predicted octanol–water partition coefficient (Wildman–Crippen LogP) is 7.22. The monoisotopic (exact) mass is 389 g/mol. The largest absolute Gasteiger partial charge is 0.382 e. The Hall–Kier alpha value is -3.39. The molecule has 1 saturated carbocycles. The van der Waals surface area contributed by atoms with Gasteiger partial charge < -0.3 is 5.32 Å². The summed E-state index contributed by atoms with van der Waals surface area (Å²) < 4.78 is 0. The summed E-state index contributed by atoms with van der Waals surface area (Å²) in [7, 11) is 0. The van der Waals surface area contributed by atoms with Crippen molar-refractivity contribution in [3.63, 3.8) is 0 Å². The van der Waals surface area contributed by atoms with Gasteiger partial charge in [-0.25, -0.2) is 0 Å². The van der Waals surface area contributed by atoms with Gasteiger partial charge in [0.2, 0.25) is 0 Å². The third kappa shape index (κ3) is 3.00. The second-order valence-electron chi connectivity index (χ2n) is 8.58. The Labute approximate surface area is 175 Å². The molecule has 1 aliphatic rings. The van der Waals surface area contributed by atoms with Gasteiger partial charge in [0.15, 0.2) is 0 Å². The van der Waals surface area contributed by atoms with E-state index in [1.54, 1.807) is 0 Å². The molecular weight excluding hydrogens is 366 g/mol. The number of nitrogens with one attached hydrogen (secondary N) is 1. The molecular formula is C28H23NO. The van der Waals surface area contributed by atoms with Crippen molar-refractivity contribution in [1.82, 2.24) is 0 Å². The fraction of sp³-hybridized carbons (Fsp3) is 0.179. The minimum absolute atomic E-state index is 0.381. The first-order valence-electron chi connectivity index (χ1n) is 10.8. The van der Waals surface area contributed by atoms with Crippen molar-refractivity contribution in [1.29, 1.82) is 0 Å². The second-order valence-corrected chi connectivity index (χ2v) is 8.58. The van der Waals surface area contributed by atoms with Crippen LogP contribution in [0.15, 0.2) is 78.9 Å². The standard InChI is InChI=1S/C28H23NO/c30-26-10-8-25(9-11-26)29-28-7-3-6-20-14-23-15-21-12-18-4-1-2-5-19(18)13-22(21)16-24(23)17-27(20)28/h1-7,12-17,25,29H,8-11H2. The van der Waals surface area contributed by atoms with E-state index in [1.807, 2.05) is 0 Å². The molecule has 0 bridgehead atoms. The number of hydrogen-bond donors (Lipinski definition) is 1. The maximum absolute atomic E-state index is 11.6. The minimum atomic E-state index is 0.381. The van der Waals surface area contributed by atoms with Crippen LogP contribution in [-0.4, -0.2) is 11.8 Å². The molecule has 1 N–H and O–H groups in total. The highest BCUT2D eigenvalue weighted by Gasteiger charge is 2.19. The van der Waals surface area contributed by atoms with Gasteiger partial charge in [-0.3, -0.25) is 4.79 Å². The summed E-state index contributed by atoms with van der Waals surface area (Å²) in [4.78, 5) is 11.6. The first kappa shape index (κ1) is 17.5. The number of anilines is 1. The Bertz CT molecular complexity index is 1440. The molecule has 0 atom stereocenters. The van der Waals surface area contributed by atoms with Crippen molar-refractivity contribution in [3.05, 3.63) is 78.9 Å². The van der Waals surface area contributed by atoms with Crippen molar-refractivity contribution < 1.29 is 4.79 Å². The average Bonchev–Trinajstić information content (AvgIpc) is 2.77. The van der Waals surface area contributed by atoms with E-state index in [2.05, 4.69) is 84.2 Å². The van der Waals surface area contributed by atoms with Gasteiger partial charge in [-0.2, -0.15) is 0 Å². The van der Waals surface area contributed by atoms with Gasteiger partial charge in [0.1, 0.15) is 5.78 Å². The summed E-state index contributed by atoms with van der Waals surface area (Å²) in [5, 5.41) is 13.9. The summed E-state index contributed by atoms with van der Waals surface area (Å²) in [5.41, 5.74) is 1.17. The zero-order chi connectivity index (χ0) is 20.1. The topological polar surface area (TPSA) is 29.1 Å². The molecule has 0 radical (unpaired) electrons. The average molecular weight is 389 g/mol. The van der Waals surface area contributed by atoms with Gasteiger partial charge >= 0.3 is 0 Å². The van der Waals surface area contributed by atoms with E-state index in [9.17, 15) is 4.79 Å². The van der Waals surface area contributed by atoms with E-state index in [0.717, 1.165) is 12.8 Å². The van der Waals surface area contributed by atoms with Gasteiger partial charge in [-0.1, -0.05) is 36.4 Å². The Morgan fingerprint density at radius 2 is 1.13 bits per heavy atom. The van der Waals surface area contributed by atoms with E-state index >= 15 is 0 Å². The maximum Gasteiger partial charge on any atom is 0.133 e. The van der Waals surface area contributed by atoms with Crippen LogP contribution < -0.4 is 5.32 Å². The number of ketones is 1. The number of rotatable bonds is 2. The van der Waals surface area contributed by atoms with Crippen LogP contribution in [0.25, 0.3) is 43.1 Å². The lowest BCUT2D eigenvalue weighted by atomic mass is 9.93. The van der Waals surface area contributed by atoms with Crippen molar-refractivity contribution in [3.8, 4) is 0 Å². The van der Waals surface area contributed by atoms with Gasteiger partial charge in [-0.15, -0.1) is 0 Å². The van der Waals surface area contributed by atoms with Gasteiger partial charge in [-0.05, 0) is 93.0 Å². The lowest BCUT2D eigenvalue weighted by molar-refractivity contribution is -0.120. The fourth-order valence-corrected chi connectivity index (χ4v) is 4.90. The smallest absolute Gasteiger partial charge is 0.133 e. The number of carbonyl (C=O) groups is 1. The van der Waals surface area contributed by atoms with E-state index in [-0.39, 0.29) is 0 Å². The quantitative estimate of drug-likeness (QED) is 0.323. The normalized spacial score (nSPS) is 15.4. The Balaban J connectivity index is 1.49. The summed E-state index contributed by atoms with van der Waals surface area (Å²) in [5.74, 6) is 0.399. The summed E-state index contributed by atoms with van der Waals surface area (Å²) in [6.07, 6.45) is 3.26. The van der Waals surface area contributed by atoms with Crippen LogP contribution in [0.2, 0.25) is 0 Å². The fourth-order valence-electron chi connectivity index (χ4n) is 4.90. The van der Waals surface area contributed by atoms with Crippen LogP contribution in [0.3, 0.4) is 0 Å². The SMILES string of the molecule is O=C1CCC(Nc2cccc3cc4cc5cc6ccccc6cc5cc4cc23)CC1. The number of fused-ring (bicyclic) bond motifs is 4. The zero-order valence-corrected chi connectivity index (χ0v) is 16.8. The van der Waals surface area contributed by atoms with Crippen molar-refractivity contribution >= 4 is 54.6 Å². The molecule has 0 spiro atoms. The van der Waals surface area contributed by atoms with Crippen molar-refractivity contribution in [2.75, 3.05) is 5.32 Å². The summed E-state index contributed by atoms with van der Waals surface area (Å²) in [6.45, 7) is 0. The number of Topliss-reactive ketones (excluding diaryl/α,β-unsaturated/α-hetero) is 1. The molecule has 2 nitrogen and oxygen atoms in total. The van der Waals surface area contributed by atoms with Gasteiger partial charge in [0.25, 0.3) is 0 Å². The Morgan fingerprint density at radius 1 is 0.600 bits per heavy atom. The molecule has 1 fully saturated rings. The number of carbonyl (C=O) groups excluding carboxylic acids is 1. The molecule has 5 aromatic carbocycles. The molecule has 5 aromatic rings. The summed E-state index contributed by atoms with van der Waals surface area (Å²) in [6, 6.07) is 29.2. The van der Waals surface area contributed by atoms with Crippen LogP contribution in [-0.2, 0) is 4.79 Å². The van der Waals surface area contributed by atoms with E-state index in [1.165, 1.54) is 48.8 Å². The Kier molecular flexibility index (Phi) is 3.98. The first-order valence-corrected chi connectivity index (χ1v) is 10.8. The Morgan fingerprint density at radius 3 is 1.80 bits per heavy atom. The van der Waals surface area contributed by atoms with Crippen LogP contribution >= 0.6 is 0 Å². The van der Waals surface area contributed by atoms with Crippen LogP contribution in [0, 0.1) is 0 Å². The highest BCUT2D eigenvalue weighted by molar-refractivity contribution is 6.10. The predicted molar refractivity (Wildman–Crippen MR) is 127 cm³/mol. The van der Waals surface area contributed by atoms with Crippen molar-refractivity contribution in [2.45, 2.75) is 31.7 Å². The van der Waals surface area contributed by atoms with E-state index < -0.39 is 0 Å². The van der Waals surface area contributed by atoms with Gasteiger partial charge in [0, 0.05) is 30.0 Å². The maximum atomic E-state index is 11.6. The number of hydrogen-bond acceptors (Lipinski definition) is 2. The molecule has 0 unspecified atom stereocenters. The minimum Gasteiger partial charge on any atom is -0.382 e. The molecule has 0 aliphatic heterocycles.